The van der Waals surface area contributed by atoms with Gasteiger partial charge in [-0.3, -0.25) is 0 Å². The molecule has 1 nitrogen and oxygen atoms in total. The lowest BCUT2D eigenvalue weighted by Gasteiger charge is -2.08. The average Bonchev–Trinajstić information content (AvgIpc) is 2.02. The molecule has 0 aliphatic heterocycles. The molecular formula is C8H12FNSSi. The zero-order valence-corrected chi connectivity index (χ0v) is 9.07. The van der Waals surface area contributed by atoms with Gasteiger partial charge in [-0.25, -0.2) is 4.98 Å². The van der Waals surface area contributed by atoms with Crippen LogP contribution in [0.15, 0.2) is 29.4 Å². The van der Waals surface area contributed by atoms with Crippen LogP contribution in [0.3, 0.4) is 0 Å². The van der Waals surface area contributed by atoms with Crippen molar-refractivity contribution in [3.05, 3.63) is 24.4 Å². The molecule has 4 heteroatoms. The Labute approximate surface area is 77.6 Å². The molecule has 0 radical (unpaired) electrons. The number of rotatable bonds is 3. The van der Waals surface area contributed by atoms with Gasteiger partial charge < -0.3 is 4.11 Å². The quantitative estimate of drug-likeness (QED) is 0.424. The molecule has 66 valence electrons. The van der Waals surface area contributed by atoms with Crippen LogP contribution >= 0.6 is 11.8 Å². The summed E-state index contributed by atoms with van der Waals surface area (Å²) in [5.74, 6) is 0. The van der Waals surface area contributed by atoms with Crippen LogP contribution in [0, 0.1) is 0 Å². The van der Waals surface area contributed by atoms with Crippen LogP contribution in [0.1, 0.15) is 0 Å². The molecule has 12 heavy (non-hydrogen) atoms. The molecule has 1 aromatic heterocycles. The zero-order chi connectivity index (χ0) is 9.03. The molecule has 0 aromatic carbocycles. The molecule has 0 amide bonds. The summed E-state index contributed by atoms with van der Waals surface area (Å²) in [4.78, 5) is 4.10. The van der Waals surface area contributed by atoms with Crippen LogP contribution in [0.25, 0.3) is 0 Å². The summed E-state index contributed by atoms with van der Waals surface area (Å²) >= 11 is 1.50. The second-order valence-corrected chi connectivity index (χ2v) is 8.47. The van der Waals surface area contributed by atoms with Crippen LogP contribution in [0.5, 0.6) is 0 Å². The third-order valence-corrected chi connectivity index (χ3v) is 5.06. The van der Waals surface area contributed by atoms with Gasteiger partial charge in [0.15, 0.2) is 0 Å². The van der Waals surface area contributed by atoms with Gasteiger partial charge in [-0.05, 0) is 25.2 Å². The molecule has 1 rings (SSSR count). The van der Waals surface area contributed by atoms with Crippen molar-refractivity contribution in [1.29, 1.82) is 0 Å². The van der Waals surface area contributed by atoms with Crippen LogP contribution in [0.2, 0.25) is 13.1 Å². The number of hydrogen-bond acceptors (Lipinski definition) is 2. The summed E-state index contributed by atoms with van der Waals surface area (Å²) in [5, 5.41) is 1.50. The minimum Gasteiger partial charge on any atom is -0.314 e. The molecule has 0 spiro atoms. The fraction of sp³-hybridized carbons (Fsp3) is 0.375. The zero-order valence-electron chi connectivity index (χ0n) is 7.25. The van der Waals surface area contributed by atoms with E-state index < -0.39 is 8.41 Å². The maximum Gasteiger partial charge on any atom is 0.251 e. The Morgan fingerprint density at radius 3 is 2.75 bits per heavy atom. The van der Waals surface area contributed by atoms with E-state index in [9.17, 15) is 4.11 Å². The Balaban J connectivity index is 2.44. The van der Waals surface area contributed by atoms with Crippen molar-refractivity contribution in [2.24, 2.45) is 0 Å². The predicted molar refractivity (Wildman–Crippen MR) is 53.6 cm³/mol. The third-order valence-electron chi connectivity index (χ3n) is 1.20. The Morgan fingerprint density at radius 2 is 2.25 bits per heavy atom. The highest BCUT2D eigenvalue weighted by molar-refractivity contribution is 8.00. The van der Waals surface area contributed by atoms with Crippen molar-refractivity contribution < 1.29 is 4.11 Å². The molecule has 0 N–H and O–H groups in total. The minimum absolute atomic E-state index is 0.587. The monoisotopic (exact) mass is 201 g/mol. The highest BCUT2D eigenvalue weighted by atomic mass is 32.2. The lowest BCUT2D eigenvalue weighted by Crippen LogP contribution is -2.22. The summed E-state index contributed by atoms with van der Waals surface area (Å²) < 4.78 is 13.2. The van der Waals surface area contributed by atoms with Crippen molar-refractivity contribution in [1.82, 2.24) is 4.98 Å². The molecule has 0 unspecified atom stereocenters. The van der Waals surface area contributed by atoms with Crippen LogP contribution in [-0.4, -0.2) is 18.8 Å². The van der Waals surface area contributed by atoms with Gasteiger partial charge in [0.2, 0.25) is 0 Å². The number of aromatic nitrogens is 1. The van der Waals surface area contributed by atoms with E-state index in [1.165, 1.54) is 11.8 Å². The van der Waals surface area contributed by atoms with Gasteiger partial charge >= 0.3 is 0 Å². The summed E-state index contributed by atoms with van der Waals surface area (Å²) in [6.45, 7) is 3.42. The number of halogens is 1. The molecule has 0 aliphatic rings. The van der Waals surface area contributed by atoms with E-state index in [-0.39, 0.29) is 0 Å². The molecule has 0 fully saturated rings. The van der Waals surface area contributed by atoms with E-state index >= 15 is 0 Å². The number of thioether (sulfide) groups is 1. The molecule has 0 bridgehead atoms. The highest BCUT2D eigenvalue weighted by Gasteiger charge is 2.20. The maximum atomic E-state index is 13.2. The summed E-state index contributed by atoms with van der Waals surface area (Å²) in [5.41, 5.74) is 0. The fourth-order valence-corrected chi connectivity index (χ4v) is 2.95. The largest absolute Gasteiger partial charge is 0.314 e. The van der Waals surface area contributed by atoms with Crippen molar-refractivity contribution in [2.75, 3.05) is 5.38 Å². The van der Waals surface area contributed by atoms with Gasteiger partial charge in [-0.15, -0.1) is 11.8 Å². The highest BCUT2D eigenvalue weighted by Crippen LogP contribution is 2.19. The number of pyridine rings is 1. The van der Waals surface area contributed by atoms with Gasteiger partial charge in [-0.1, -0.05) is 6.07 Å². The predicted octanol–water partition coefficient (Wildman–Crippen LogP) is 2.89. The lowest BCUT2D eigenvalue weighted by atomic mass is 10.5. The van der Waals surface area contributed by atoms with Gasteiger partial charge in [0.1, 0.15) is 0 Å². The first-order valence-electron chi connectivity index (χ1n) is 3.81. The van der Waals surface area contributed by atoms with Gasteiger partial charge in [-0.2, -0.15) is 0 Å². The van der Waals surface area contributed by atoms with Crippen LogP contribution < -0.4 is 0 Å². The lowest BCUT2D eigenvalue weighted by molar-refractivity contribution is 0.808. The number of nitrogens with zero attached hydrogens (tertiary/aromatic N) is 1. The summed E-state index contributed by atoms with van der Waals surface area (Å²) in [6, 6.07) is 5.69. The second-order valence-electron chi connectivity index (χ2n) is 3.18. The smallest absolute Gasteiger partial charge is 0.251 e. The first kappa shape index (κ1) is 9.73. The van der Waals surface area contributed by atoms with E-state index in [2.05, 4.69) is 4.98 Å². The average molecular weight is 201 g/mol. The van der Waals surface area contributed by atoms with E-state index in [0.717, 1.165) is 5.03 Å². The Kier molecular flexibility index (Phi) is 3.28. The second kappa shape index (κ2) is 4.05. The first-order valence-corrected chi connectivity index (χ1v) is 7.88. The third kappa shape index (κ3) is 3.87. The normalized spacial score (nSPS) is 11.6. The standard InChI is InChI=1S/C8H12FNSSi/c1-12(2,9)7-11-8-5-3-4-6-10-8/h3-6H,7H2,1-2H3. The summed E-state index contributed by atoms with van der Waals surface area (Å²) in [6.07, 6.45) is 1.73. The molecule has 0 saturated heterocycles. The molecule has 0 atom stereocenters. The van der Waals surface area contributed by atoms with E-state index in [0.29, 0.717) is 5.38 Å². The molecular weight excluding hydrogens is 189 g/mol. The van der Waals surface area contributed by atoms with Crippen molar-refractivity contribution in [3.8, 4) is 0 Å². The first-order chi connectivity index (χ1) is 5.58. The fourth-order valence-electron chi connectivity index (χ4n) is 0.678. The van der Waals surface area contributed by atoms with E-state index in [1.54, 1.807) is 19.3 Å². The Morgan fingerprint density at radius 1 is 1.50 bits per heavy atom. The van der Waals surface area contributed by atoms with E-state index in [1.807, 2.05) is 18.2 Å². The molecule has 0 saturated carbocycles. The minimum atomic E-state index is -2.42. The Bertz CT molecular complexity index is 235. The van der Waals surface area contributed by atoms with Gasteiger partial charge in [0, 0.05) is 11.6 Å². The van der Waals surface area contributed by atoms with Crippen LogP contribution in [0.4, 0.5) is 4.11 Å². The topological polar surface area (TPSA) is 12.9 Å². The summed E-state index contributed by atoms with van der Waals surface area (Å²) in [7, 11) is -2.42. The Hall–Kier alpha value is -0.353. The van der Waals surface area contributed by atoms with Crippen LogP contribution in [-0.2, 0) is 0 Å². The maximum absolute atomic E-state index is 13.2. The number of hydrogen-bond donors (Lipinski definition) is 0. The van der Waals surface area contributed by atoms with Crippen molar-refractivity contribution >= 4 is 20.2 Å². The SMILES string of the molecule is C[Si](C)(F)CSc1ccccn1. The van der Waals surface area contributed by atoms with Gasteiger partial charge in [0.05, 0.1) is 5.03 Å². The van der Waals surface area contributed by atoms with E-state index in [4.69, 9.17) is 0 Å². The van der Waals surface area contributed by atoms with Crippen molar-refractivity contribution in [2.45, 2.75) is 18.1 Å². The van der Waals surface area contributed by atoms with Crippen molar-refractivity contribution in [3.63, 3.8) is 0 Å². The molecule has 1 heterocycles. The molecule has 0 aliphatic carbocycles. The molecule has 1 aromatic rings. The van der Waals surface area contributed by atoms with Gasteiger partial charge in [0.25, 0.3) is 8.41 Å².